The predicted molar refractivity (Wildman–Crippen MR) is 72.3 cm³/mol. The third kappa shape index (κ3) is 3.89. The standard InChI is InChI=1S/C12H18ClNO2S/c1-3-9-14(10-4-2)11-7-5-6-8-12(11)17(13,15)16/h5-8H,3-4,9-10H2,1-2H3. The number of benzene rings is 1. The first-order valence-corrected chi connectivity index (χ1v) is 8.10. The quantitative estimate of drug-likeness (QED) is 0.748. The molecule has 3 nitrogen and oxygen atoms in total. The zero-order valence-corrected chi connectivity index (χ0v) is 11.8. The third-order valence-electron chi connectivity index (χ3n) is 2.46. The van der Waals surface area contributed by atoms with Crippen molar-refractivity contribution in [2.24, 2.45) is 0 Å². The van der Waals surface area contributed by atoms with Gasteiger partial charge in [0.05, 0.1) is 5.69 Å². The molecule has 0 aromatic heterocycles. The van der Waals surface area contributed by atoms with Crippen LogP contribution in [0.1, 0.15) is 26.7 Å². The van der Waals surface area contributed by atoms with Crippen LogP contribution in [0.3, 0.4) is 0 Å². The minimum absolute atomic E-state index is 0.198. The molecule has 0 fully saturated rings. The van der Waals surface area contributed by atoms with E-state index >= 15 is 0 Å². The van der Waals surface area contributed by atoms with Gasteiger partial charge in [-0.05, 0) is 25.0 Å². The van der Waals surface area contributed by atoms with Gasteiger partial charge in [-0.25, -0.2) is 8.42 Å². The van der Waals surface area contributed by atoms with Crippen LogP contribution < -0.4 is 4.90 Å². The first kappa shape index (κ1) is 14.3. The Kier molecular flexibility index (Phi) is 5.28. The Morgan fingerprint density at radius 3 is 2.12 bits per heavy atom. The van der Waals surface area contributed by atoms with Gasteiger partial charge < -0.3 is 4.90 Å². The highest BCUT2D eigenvalue weighted by Crippen LogP contribution is 2.28. The number of nitrogens with zero attached hydrogens (tertiary/aromatic N) is 1. The lowest BCUT2D eigenvalue weighted by Crippen LogP contribution is -2.26. The number of halogens is 1. The average molecular weight is 276 g/mol. The van der Waals surface area contributed by atoms with Gasteiger partial charge >= 0.3 is 0 Å². The van der Waals surface area contributed by atoms with Gasteiger partial charge in [0.15, 0.2) is 0 Å². The third-order valence-corrected chi connectivity index (χ3v) is 3.82. The molecule has 1 rings (SSSR count). The summed E-state index contributed by atoms with van der Waals surface area (Å²) in [4.78, 5) is 2.26. The van der Waals surface area contributed by atoms with E-state index in [9.17, 15) is 8.42 Å². The summed E-state index contributed by atoms with van der Waals surface area (Å²) >= 11 is 0. The summed E-state index contributed by atoms with van der Waals surface area (Å²) in [6, 6.07) is 6.88. The Bertz CT molecular complexity index is 453. The Labute approximate surface area is 108 Å². The molecule has 0 heterocycles. The molecule has 5 heteroatoms. The molecule has 0 saturated heterocycles. The van der Waals surface area contributed by atoms with Crippen LogP contribution in [0.15, 0.2) is 29.2 Å². The highest BCUT2D eigenvalue weighted by atomic mass is 35.7. The van der Waals surface area contributed by atoms with Crippen molar-refractivity contribution in [1.29, 1.82) is 0 Å². The summed E-state index contributed by atoms with van der Waals surface area (Å²) in [6.07, 6.45) is 1.94. The number of hydrogen-bond acceptors (Lipinski definition) is 3. The summed E-state index contributed by atoms with van der Waals surface area (Å²) in [6.45, 7) is 5.80. The monoisotopic (exact) mass is 275 g/mol. The Morgan fingerprint density at radius 1 is 1.12 bits per heavy atom. The zero-order valence-electron chi connectivity index (χ0n) is 10.2. The summed E-state index contributed by atoms with van der Waals surface area (Å²) in [7, 11) is 1.77. The molecule has 0 N–H and O–H groups in total. The molecular weight excluding hydrogens is 258 g/mol. The summed E-state index contributed by atoms with van der Waals surface area (Å²) in [5, 5.41) is 0. The molecule has 0 aliphatic heterocycles. The lowest BCUT2D eigenvalue weighted by molar-refractivity contribution is 0.608. The molecule has 0 bridgehead atoms. The first-order valence-electron chi connectivity index (χ1n) is 5.79. The van der Waals surface area contributed by atoms with Crippen LogP contribution in [-0.4, -0.2) is 21.5 Å². The van der Waals surface area contributed by atoms with Crippen LogP contribution in [0.25, 0.3) is 0 Å². The number of hydrogen-bond donors (Lipinski definition) is 0. The highest BCUT2D eigenvalue weighted by molar-refractivity contribution is 8.13. The van der Waals surface area contributed by atoms with Crippen LogP contribution >= 0.6 is 10.7 Å². The lowest BCUT2D eigenvalue weighted by atomic mass is 10.2. The molecule has 96 valence electrons. The molecule has 0 amide bonds. The van der Waals surface area contributed by atoms with Gasteiger partial charge in [0.1, 0.15) is 4.90 Å². The maximum absolute atomic E-state index is 11.5. The van der Waals surface area contributed by atoms with Crippen molar-refractivity contribution in [3.8, 4) is 0 Å². The van der Waals surface area contributed by atoms with E-state index in [0.717, 1.165) is 25.9 Å². The van der Waals surface area contributed by atoms with Gasteiger partial charge in [-0.15, -0.1) is 0 Å². The molecule has 17 heavy (non-hydrogen) atoms. The van der Waals surface area contributed by atoms with E-state index in [2.05, 4.69) is 18.7 Å². The molecule has 0 spiro atoms. The SMILES string of the molecule is CCCN(CCC)c1ccccc1S(=O)(=O)Cl. The largest absolute Gasteiger partial charge is 0.370 e. The lowest BCUT2D eigenvalue weighted by Gasteiger charge is -2.25. The number of rotatable bonds is 6. The normalized spacial score (nSPS) is 11.5. The summed E-state index contributed by atoms with van der Waals surface area (Å²) in [5.41, 5.74) is 0.700. The molecule has 1 aromatic rings. The smallest absolute Gasteiger partial charge is 0.263 e. The Morgan fingerprint density at radius 2 is 1.65 bits per heavy atom. The van der Waals surface area contributed by atoms with Crippen LogP contribution in [0.2, 0.25) is 0 Å². The summed E-state index contributed by atoms with van der Waals surface area (Å²) < 4.78 is 23.0. The van der Waals surface area contributed by atoms with Gasteiger partial charge in [0.2, 0.25) is 0 Å². The van der Waals surface area contributed by atoms with Crippen molar-refractivity contribution in [2.45, 2.75) is 31.6 Å². The molecule has 0 saturated carbocycles. The van der Waals surface area contributed by atoms with Crippen molar-refractivity contribution < 1.29 is 8.42 Å². The van der Waals surface area contributed by atoms with Gasteiger partial charge in [-0.3, -0.25) is 0 Å². The minimum atomic E-state index is -3.68. The minimum Gasteiger partial charge on any atom is -0.370 e. The number of para-hydroxylation sites is 1. The van der Waals surface area contributed by atoms with E-state index in [1.165, 1.54) is 0 Å². The predicted octanol–water partition coefficient (Wildman–Crippen LogP) is 3.24. The molecule has 0 unspecified atom stereocenters. The number of anilines is 1. The van der Waals surface area contributed by atoms with Crippen molar-refractivity contribution in [1.82, 2.24) is 0 Å². The van der Waals surface area contributed by atoms with E-state index in [0.29, 0.717) is 5.69 Å². The topological polar surface area (TPSA) is 37.4 Å². The van der Waals surface area contributed by atoms with E-state index in [-0.39, 0.29) is 4.90 Å². The van der Waals surface area contributed by atoms with Crippen molar-refractivity contribution >= 4 is 25.4 Å². The van der Waals surface area contributed by atoms with Gasteiger partial charge in [0.25, 0.3) is 9.05 Å². The fourth-order valence-corrected chi connectivity index (χ4v) is 2.90. The van der Waals surface area contributed by atoms with E-state index < -0.39 is 9.05 Å². The maximum Gasteiger partial charge on any atom is 0.263 e. The molecule has 0 atom stereocenters. The maximum atomic E-state index is 11.5. The molecule has 1 aromatic carbocycles. The van der Waals surface area contributed by atoms with Crippen LogP contribution in [-0.2, 0) is 9.05 Å². The van der Waals surface area contributed by atoms with Gasteiger partial charge in [0, 0.05) is 23.8 Å². The van der Waals surface area contributed by atoms with E-state index in [1.54, 1.807) is 18.2 Å². The van der Waals surface area contributed by atoms with E-state index in [1.807, 2.05) is 6.07 Å². The second kappa shape index (κ2) is 6.26. The van der Waals surface area contributed by atoms with Gasteiger partial charge in [-0.2, -0.15) is 0 Å². The molecule has 0 radical (unpaired) electrons. The fraction of sp³-hybridized carbons (Fsp3) is 0.500. The zero-order chi connectivity index (χ0) is 12.9. The van der Waals surface area contributed by atoms with Crippen LogP contribution in [0.5, 0.6) is 0 Å². The highest BCUT2D eigenvalue weighted by Gasteiger charge is 2.18. The average Bonchev–Trinajstić information content (AvgIpc) is 2.28. The van der Waals surface area contributed by atoms with Gasteiger partial charge in [-0.1, -0.05) is 26.0 Å². The van der Waals surface area contributed by atoms with Crippen molar-refractivity contribution in [3.05, 3.63) is 24.3 Å². The van der Waals surface area contributed by atoms with Crippen LogP contribution in [0, 0.1) is 0 Å². The Balaban J connectivity index is 3.18. The van der Waals surface area contributed by atoms with Crippen LogP contribution in [0.4, 0.5) is 5.69 Å². The van der Waals surface area contributed by atoms with Crippen molar-refractivity contribution in [3.63, 3.8) is 0 Å². The first-order chi connectivity index (χ1) is 8.00. The molecule has 0 aliphatic carbocycles. The Hall–Kier alpha value is -0.740. The molecule has 0 aliphatic rings. The van der Waals surface area contributed by atoms with E-state index in [4.69, 9.17) is 10.7 Å². The second-order valence-corrected chi connectivity index (χ2v) is 6.43. The second-order valence-electron chi connectivity index (χ2n) is 3.89. The van der Waals surface area contributed by atoms with Crippen molar-refractivity contribution in [2.75, 3.05) is 18.0 Å². The fourth-order valence-electron chi connectivity index (χ4n) is 1.82. The summed E-state index contributed by atoms with van der Waals surface area (Å²) in [5.74, 6) is 0. The molecular formula is C12H18ClNO2S.